The zero-order valence-corrected chi connectivity index (χ0v) is 12.7. The first-order valence-electron chi connectivity index (χ1n) is 7.53. The number of furan rings is 1. The molecule has 0 saturated carbocycles. The van der Waals surface area contributed by atoms with E-state index in [1.54, 1.807) is 11.2 Å². The molecular weight excluding hydrogens is 288 g/mol. The molecule has 2 aromatic carbocycles. The monoisotopic (exact) mass is 304 g/mol. The number of amides is 1. The van der Waals surface area contributed by atoms with Crippen LogP contribution in [-0.4, -0.2) is 5.91 Å². The fourth-order valence-electron chi connectivity index (χ4n) is 2.87. The van der Waals surface area contributed by atoms with Crippen LogP contribution in [0.25, 0.3) is 0 Å². The van der Waals surface area contributed by atoms with Gasteiger partial charge in [-0.3, -0.25) is 9.69 Å². The molecule has 0 aliphatic carbocycles. The van der Waals surface area contributed by atoms with Gasteiger partial charge in [-0.05, 0) is 43.3 Å². The van der Waals surface area contributed by atoms with E-state index in [0.29, 0.717) is 11.3 Å². The third-order valence-electron chi connectivity index (χ3n) is 4.05. The molecule has 4 heteroatoms. The Labute approximate surface area is 134 Å². The number of hydrogen-bond donors (Lipinski definition) is 1. The van der Waals surface area contributed by atoms with Gasteiger partial charge in [0, 0.05) is 11.4 Å². The predicted molar refractivity (Wildman–Crippen MR) is 89.5 cm³/mol. The minimum Gasteiger partial charge on any atom is -0.465 e. The molecule has 1 aromatic heterocycles. The van der Waals surface area contributed by atoms with E-state index in [-0.39, 0.29) is 12.1 Å². The molecule has 1 atom stereocenters. The van der Waals surface area contributed by atoms with Crippen LogP contribution in [0.1, 0.15) is 27.8 Å². The SMILES string of the molecule is Cc1ccc(N2C(=O)c3ccccc3N[C@@H]2c2ccco2)cc1. The second-order valence-corrected chi connectivity index (χ2v) is 5.62. The average Bonchev–Trinajstić information content (AvgIpc) is 3.10. The van der Waals surface area contributed by atoms with Crippen molar-refractivity contribution in [1.29, 1.82) is 0 Å². The molecule has 0 fully saturated rings. The number of hydrogen-bond acceptors (Lipinski definition) is 3. The van der Waals surface area contributed by atoms with E-state index in [1.807, 2.05) is 67.6 Å². The second kappa shape index (κ2) is 5.32. The first-order chi connectivity index (χ1) is 11.2. The van der Waals surface area contributed by atoms with Gasteiger partial charge in [-0.1, -0.05) is 29.8 Å². The van der Waals surface area contributed by atoms with E-state index in [2.05, 4.69) is 5.32 Å². The summed E-state index contributed by atoms with van der Waals surface area (Å²) in [7, 11) is 0. The van der Waals surface area contributed by atoms with Crippen LogP contribution in [0.15, 0.2) is 71.3 Å². The van der Waals surface area contributed by atoms with Crippen molar-refractivity contribution >= 4 is 17.3 Å². The maximum atomic E-state index is 13.1. The smallest absolute Gasteiger partial charge is 0.262 e. The summed E-state index contributed by atoms with van der Waals surface area (Å²) in [6, 6.07) is 19.2. The van der Waals surface area contributed by atoms with Gasteiger partial charge in [0.2, 0.25) is 0 Å². The standard InChI is InChI=1S/C19H16N2O2/c1-13-8-10-14(11-9-13)21-18(17-7-4-12-23-17)20-16-6-3-2-5-15(16)19(21)22/h2-12,18,20H,1H3/t18-/m0/s1. The van der Waals surface area contributed by atoms with Gasteiger partial charge in [0.25, 0.3) is 5.91 Å². The van der Waals surface area contributed by atoms with Crippen LogP contribution < -0.4 is 10.2 Å². The van der Waals surface area contributed by atoms with Crippen molar-refractivity contribution in [3.05, 3.63) is 83.8 Å². The Morgan fingerprint density at radius 1 is 1.00 bits per heavy atom. The maximum absolute atomic E-state index is 13.1. The quantitative estimate of drug-likeness (QED) is 0.765. The van der Waals surface area contributed by atoms with E-state index in [9.17, 15) is 4.79 Å². The summed E-state index contributed by atoms with van der Waals surface area (Å²) in [5.41, 5.74) is 3.48. The Hall–Kier alpha value is -3.01. The fourth-order valence-corrected chi connectivity index (χ4v) is 2.87. The van der Waals surface area contributed by atoms with Gasteiger partial charge in [-0.15, -0.1) is 0 Å². The summed E-state index contributed by atoms with van der Waals surface area (Å²) in [6.45, 7) is 2.03. The minimum absolute atomic E-state index is 0.0374. The number of fused-ring (bicyclic) bond motifs is 1. The molecule has 114 valence electrons. The highest BCUT2D eigenvalue weighted by molar-refractivity contribution is 6.12. The lowest BCUT2D eigenvalue weighted by Crippen LogP contribution is -2.43. The van der Waals surface area contributed by atoms with Gasteiger partial charge < -0.3 is 9.73 Å². The first kappa shape index (κ1) is 13.6. The van der Waals surface area contributed by atoms with Crippen molar-refractivity contribution in [2.45, 2.75) is 13.1 Å². The Kier molecular flexibility index (Phi) is 3.15. The first-order valence-corrected chi connectivity index (χ1v) is 7.53. The third kappa shape index (κ3) is 2.28. The van der Waals surface area contributed by atoms with E-state index in [1.165, 1.54) is 0 Å². The van der Waals surface area contributed by atoms with Gasteiger partial charge in [-0.25, -0.2) is 0 Å². The molecule has 0 radical (unpaired) electrons. The molecule has 1 N–H and O–H groups in total. The largest absolute Gasteiger partial charge is 0.465 e. The van der Waals surface area contributed by atoms with Crippen LogP contribution in [0.3, 0.4) is 0 Å². The Morgan fingerprint density at radius 2 is 1.78 bits per heavy atom. The zero-order valence-electron chi connectivity index (χ0n) is 12.7. The highest BCUT2D eigenvalue weighted by Crippen LogP contribution is 2.36. The predicted octanol–water partition coefficient (Wildman–Crippen LogP) is 4.36. The number of para-hydroxylation sites is 1. The van der Waals surface area contributed by atoms with Gasteiger partial charge >= 0.3 is 0 Å². The summed E-state index contributed by atoms with van der Waals surface area (Å²) in [5.74, 6) is 0.665. The molecule has 2 heterocycles. The number of nitrogens with one attached hydrogen (secondary N) is 1. The Morgan fingerprint density at radius 3 is 2.52 bits per heavy atom. The van der Waals surface area contributed by atoms with Crippen LogP contribution in [0.2, 0.25) is 0 Å². The van der Waals surface area contributed by atoms with Crippen LogP contribution in [0, 0.1) is 6.92 Å². The van der Waals surface area contributed by atoms with E-state index >= 15 is 0 Å². The average molecular weight is 304 g/mol. The number of aryl methyl sites for hydroxylation is 1. The van der Waals surface area contributed by atoms with Crippen molar-refractivity contribution in [2.75, 3.05) is 10.2 Å². The highest BCUT2D eigenvalue weighted by atomic mass is 16.3. The second-order valence-electron chi connectivity index (χ2n) is 5.62. The molecule has 4 nitrogen and oxygen atoms in total. The number of nitrogens with zero attached hydrogens (tertiary/aromatic N) is 1. The van der Waals surface area contributed by atoms with Gasteiger partial charge in [-0.2, -0.15) is 0 Å². The van der Waals surface area contributed by atoms with Crippen molar-refractivity contribution in [2.24, 2.45) is 0 Å². The minimum atomic E-state index is -0.366. The molecule has 23 heavy (non-hydrogen) atoms. The molecule has 4 rings (SSSR count). The Balaban J connectivity index is 1.85. The zero-order chi connectivity index (χ0) is 15.8. The van der Waals surface area contributed by atoms with Crippen LogP contribution in [0.5, 0.6) is 0 Å². The van der Waals surface area contributed by atoms with Crippen molar-refractivity contribution in [3.63, 3.8) is 0 Å². The summed E-state index contributed by atoms with van der Waals surface area (Å²) >= 11 is 0. The molecule has 3 aromatic rings. The van der Waals surface area contributed by atoms with E-state index in [0.717, 1.165) is 16.9 Å². The van der Waals surface area contributed by atoms with E-state index in [4.69, 9.17) is 4.42 Å². The summed E-state index contributed by atoms with van der Waals surface area (Å²) < 4.78 is 5.56. The maximum Gasteiger partial charge on any atom is 0.262 e. The topological polar surface area (TPSA) is 45.5 Å². The summed E-state index contributed by atoms with van der Waals surface area (Å²) in [4.78, 5) is 14.8. The number of rotatable bonds is 2. The van der Waals surface area contributed by atoms with Crippen molar-refractivity contribution < 1.29 is 9.21 Å². The molecule has 1 aliphatic heterocycles. The fraction of sp³-hybridized carbons (Fsp3) is 0.105. The number of anilines is 2. The molecule has 0 unspecified atom stereocenters. The molecular formula is C19H16N2O2. The Bertz CT molecular complexity index is 838. The molecule has 1 amide bonds. The van der Waals surface area contributed by atoms with E-state index < -0.39 is 0 Å². The number of carbonyl (C=O) groups excluding carboxylic acids is 1. The molecule has 1 aliphatic rings. The van der Waals surface area contributed by atoms with Gasteiger partial charge in [0.05, 0.1) is 11.8 Å². The highest BCUT2D eigenvalue weighted by Gasteiger charge is 2.35. The van der Waals surface area contributed by atoms with Crippen LogP contribution in [-0.2, 0) is 0 Å². The third-order valence-corrected chi connectivity index (χ3v) is 4.05. The van der Waals surface area contributed by atoms with Gasteiger partial charge in [0.1, 0.15) is 5.76 Å². The lowest BCUT2D eigenvalue weighted by Gasteiger charge is -2.36. The van der Waals surface area contributed by atoms with Crippen LogP contribution >= 0.6 is 0 Å². The normalized spacial score (nSPS) is 16.8. The lowest BCUT2D eigenvalue weighted by atomic mass is 10.1. The van der Waals surface area contributed by atoms with Crippen molar-refractivity contribution in [3.8, 4) is 0 Å². The lowest BCUT2D eigenvalue weighted by molar-refractivity contribution is 0.0972. The molecule has 0 bridgehead atoms. The van der Waals surface area contributed by atoms with Crippen molar-refractivity contribution in [1.82, 2.24) is 0 Å². The molecule has 0 spiro atoms. The molecule has 0 saturated heterocycles. The van der Waals surface area contributed by atoms with Gasteiger partial charge in [0.15, 0.2) is 6.17 Å². The summed E-state index contributed by atoms with van der Waals surface area (Å²) in [5, 5.41) is 3.40. The summed E-state index contributed by atoms with van der Waals surface area (Å²) in [6.07, 6.45) is 1.25. The van der Waals surface area contributed by atoms with Crippen LogP contribution in [0.4, 0.5) is 11.4 Å². The number of carbonyl (C=O) groups is 1. The number of benzene rings is 2.